The number of ether oxygens (including phenoxy) is 1. The Bertz CT molecular complexity index is 845. The van der Waals surface area contributed by atoms with E-state index in [9.17, 15) is 15.3 Å². The van der Waals surface area contributed by atoms with Gasteiger partial charge < -0.3 is 4.74 Å². The van der Waals surface area contributed by atoms with Gasteiger partial charge in [0, 0.05) is 0 Å². The van der Waals surface area contributed by atoms with Gasteiger partial charge in [0.1, 0.15) is 12.1 Å². The van der Waals surface area contributed by atoms with Gasteiger partial charge in [-0.25, -0.2) is 4.79 Å². The maximum Gasteiger partial charge on any atom is 0.343 e. The van der Waals surface area contributed by atoms with Crippen molar-refractivity contribution in [1.29, 1.82) is 10.5 Å². The molecule has 0 fully saturated rings. The van der Waals surface area contributed by atoms with E-state index in [0.717, 1.165) is 0 Å². The summed E-state index contributed by atoms with van der Waals surface area (Å²) in [5.41, 5.74) is -2.65. The Kier molecular flexibility index (Phi) is 5.59. The van der Waals surface area contributed by atoms with Crippen LogP contribution in [0.4, 0.5) is 0 Å². The molecule has 2 aromatic carbocycles. The van der Waals surface area contributed by atoms with Crippen molar-refractivity contribution < 1.29 is 9.53 Å². The van der Waals surface area contributed by atoms with E-state index >= 15 is 0 Å². The molecule has 0 unspecified atom stereocenters. The van der Waals surface area contributed by atoms with Crippen molar-refractivity contribution in [1.82, 2.24) is 0 Å². The van der Waals surface area contributed by atoms with Gasteiger partial charge in [-0.05, 0) is 24.3 Å². The van der Waals surface area contributed by atoms with E-state index in [0.29, 0.717) is 0 Å². The summed E-state index contributed by atoms with van der Waals surface area (Å²) in [5.74, 6) is -1.05. The Balaban J connectivity index is 2.57. The first kappa shape index (κ1) is 18.4. The number of carbonyl (C=O) groups is 1. The molecular weight excluding hydrogens is 394 g/mol. The fourth-order valence-corrected chi connectivity index (χ4v) is 3.17. The molecule has 0 aliphatic rings. The van der Waals surface area contributed by atoms with Gasteiger partial charge in [0.05, 0.1) is 31.2 Å². The number of hydrogen-bond acceptors (Lipinski definition) is 4. The number of nitrogens with zero attached hydrogens (tertiary/aromatic N) is 2. The van der Waals surface area contributed by atoms with Crippen molar-refractivity contribution in [2.24, 2.45) is 0 Å². The van der Waals surface area contributed by atoms with Crippen LogP contribution < -0.4 is 0 Å². The van der Waals surface area contributed by atoms with Crippen LogP contribution in [0.3, 0.4) is 0 Å². The van der Waals surface area contributed by atoms with Crippen LogP contribution in [0.5, 0.6) is 0 Å². The van der Waals surface area contributed by atoms with Crippen LogP contribution in [0.15, 0.2) is 36.4 Å². The van der Waals surface area contributed by atoms with E-state index in [-0.39, 0.29) is 31.2 Å². The first-order valence-corrected chi connectivity index (χ1v) is 7.82. The predicted molar refractivity (Wildman–Crippen MR) is 91.2 cm³/mol. The molecule has 0 amide bonds. The minimum atomic E-state index is -2.35. The summed E-state index contributed by atoms with van der Waals surface area (Å²) in [4.78, 5) is 12.4. The fourth-order valence-electron chi connectivity index (χ4n) is 1.95. The Morgan fingerprint density at radius 1 is 0.875 bits per heavy atom. The summed E-state index contributed by atoms with van der Waals surface area (Å²) in [6.45, 7) is 0. The highest BCUT2D eigenvalue weighted by molar-refractivity contribution is 6.39. The van der Waals surface area contributed by atoms with Gasteiger partial charge in [0.25, 0.3) is 0 Å². The quantitative estimate of drug-likeness (QED) is 0.647. The molecule has 0 aromatic heterocycles. The Hall–Kier alpha value is -1.95. The molecule has 0 spiro atoms. The van der Waals surface area contributed by atoms with E-state index in [1.54, 1.807) is 12.1 Å². The molecular formula is C16H6Cl4N2O2. The lowest BCUT2D eigenvalue weighted by atomic mass is 9.96. The molecule has 0 saturated heterocycles. The van der Waals surface area contributed by atoms with E-state index in [1.807, 2.05) is 0 Å². The summed E-state index contributed by atoms with van der Waals surface area (Å²) >= 11 is 24.0. The SMILES string of the molecule is N#CC(C#N)(OC(=O)c1c(Cl)cccc1Cl)c1c(Cl)cccc1Cl. The Morgan fingerprint density at radius 3 is 1.71 bits per heavy atom. The molecule has 2 rings (SSSR count). The van der Waals surface area contributed by atoms with Crippen LogP contribution in [-0.4, -0.2) is 5.97 Å². The maximum atomic E-state index is 12.4. The molecule has 8 heteroatoms. The van der Waals surface area contributed by atoms with Gasteiger partial charge in [-0.1, -0.05) is 58.5 Å². The summed E-state index contributed by atoms with van der Waals surface area (Å²) in [5, 5.41) is 19.0. The van der Waals surface area contributed by atoms with Crippen LogP contribution in [-0.2, 0) is 10.3 Å². The monoisotopic (exact) mass is 398 g/mol. The normalized spacial score (nSPS) is 10.6. The van der Waals surface area contributed by atoms with E-state index in [4.69, 9.17) is 51.1 Å². The lowest BCUT2D eigenvalue weighted by Gasteiger charge is -2.22. The molecule has 0 aliphatic heterocycles. The van der Waals surface area contributed by atoms with Crippen LogP contribution in [0.2, 0.25) is 20.1 Å². The molecule has 0 aliphatic carbocycles. The number of esters is 1. The molecule has 4 nitrogen and oxygen atoms in total. The van der Waals surface area contributed by atoms with Gasteiger partial charge in [-0.15, -0.1) is 0 Å². The van der Waals surface area contributed by atoms with E-state index in [2.05, 4.69) is 0 Å². The topological polar surface area (TPSA) is 73.9 Å². The van der Waals surface area contributed by atoms with Crippen LogP contribution in [0, 0.1) is 22.7 Å². The zero-order valence-electron chi connectivity index (χ0n) is 11.7. The molecule has 0 saturated carbocycles. The molecule has 0 radical (unpaired) electrons. The first-order valence-electron chi connectivity index (χ1n) is 6.30. The van der Waals surface area contributed by atoms with Gasteiger partial charge in [-0.3, -0.25) is 0 Å². The third-order valence-electron chi connectivity index (χ3n) is 3.04. The van der Waals surface area contributed by atoms with Gasteiger partial charge in [0.2, 0.25) is 0 Å². The lowest BCUT2D eigenvalue weighted by molar-refractivity contribution is 0.0239. The van der Waals surface area contributed by atoms with Gasteiger partial charge >= 0.3 is 11.6 Å². The molecule has 0 bridgehead atoms. The summed E-state index contributed by atoms with van der Waals surface area (Å²) in [6.07, 6.45) is 0. The molecule has 24 heavy (non-hydrogen) atoms. The summed E-state index contributed by atoms with van der Waals surface area (Å²) in [6, 6.07) is 12.0. The van der Waals surface area contributed by atoms with Crippen molar-refractivity contribution in [3.05, 3.63) is 67.6 Å². The highest BCUT2D eigenvalue weighted by Gasteiger charge is 2.42. The second-order valence-electron chi connectivity index (χ2n) is 4.49. The van der Waals surface area contributed by atoms with Crippen LogP contribution in [0.1, 0.15) is 15.9 Å². The third-order valence-corrected chi connectivity index (χ3v) is 4.30. The lowest BCUT2D eigenvalue weighted by Crippen LogP contribution is -2.30. The smallest absolute Gasteiger partial charge is 0.343 e. The predicted octanol–water partition coefficient (Wildman–Crippen LogP) is 5.40. The number of benzene rings is 2. The van der Waals surface area contributed by atoms with Crippen molar-refractivity contribution in [3.8, 4) is 12.1 Å². The standard InChI is InChI=1S/C16H6Cl4N2O2/c17-9-3-1-4-10(18)13(9)15(23)24-16(7-21,8-22)14-11(19)5-2-6-12(14)20/h1-6H. The van der Waals surface area contributed by atoms with Crippen molar-refractivity contribution in [2.45, 2.75) is 5.60 Å². The summed E-state index contributed by atoms with van der Waals surface area (Å²) in [7, 11) is 0. The number of nitriles is 2. The van der Waals surface area contributed by atoms with Crippen LogP contribution in [0.25, 0.3) is 0 Å². The number of hydrogen-bond donors (Lipinski definition) is 0. The van der Waals surface area contributed by atoms with Crippen molar-refractivity contribution in [2.75, 3.05) is 0 Å². The molecule has 0 heterocycles. The van der Waals surface area contributed by atoms with Crippen molar-refractivity contribution >= 4 is 52.4 Å². The fraction of sp³-hybridized carbons (Fsp3) is 0.0625. The number of carbonyl (C=O) groups excluding carboxylic acids is 1. The average molecular weight is 400 g/mol. The minimum absolute atomic E-state index is 0.00338. The van der Waals surface area contributed by atoms with Gasteiger partial charge in [0.15, 0.2) is 0 Å². The molecule has 0 atom stereocenters. The Labute approximate surface area is 157 Å². The maximum absolute atomic E-state index is 12.4. The zero-order valence-corrected chi connectivity index (χ0v) is 14.7. The first-order chi connectivity index (χ1) is 11.4. The van der Waals surface area contributed by atoms with E-state index in [1.165, 1.54) is 36.4 Å². The molecule has 2 aromatic rings. The highest BCUT2D eigenvalue weighted by Crippen LogP contribution is 2.38. The summed E-state index contributed by atoms with van der Waals surface area (Å²) < 4.78 is 5.13. The molecule has 120 valence electrons. The zero-order chi connectivity index (χ0) is 17.9. The highest BCUT2D eigenvalue weighted by atomic mass is 35.5. The second kappa shape index (κ2) is 7.30. The molecule has 0 N–H and O–H groups in total. The number of halogens is 4. The largest absolute Gasteiger partial charge is 0.422 e. The van der Waals surface area contributed by atoms with Gasteiger partial charge in [-0.2, -0.15) is 10.5 Å². The van der Waals surface area contributed by atoms with Crippen LogP contribution >= 0.6 is 46.4 Å². The number of rotatable bonds is 3. The second-order valence-corrected chi connectivity index (χ2v) is 6.12. The minimum Gasteiger partial charge on any atom is -0.422 e. The third kappa shape index (κ3) is 3.29. The van der Waals surface area contributed by atoms with E-state index < -0.39 is 11.6 Å². The average Bonchev–Trinajstić information content (AvgIpc) is 2.53. The Morgan fingerprint density at radius 2 is 1.29 bits per heavy atom. The van der Waals surface area contributed by atoms with Crippen molar-refractivity contribution in [3.63, 3.8) is 0 Å².